The van der Waals surface area contributed by atoms with Gasteiger partial charge in [-0.2, -0.15) is 0 Å². The van der Waals surface area contributed by atoms with Crippen molar-refractivity contribution in [3.8, 4) is 0 Å². The summed E-state index contributed by atoms with van der Waals surface area (Å²) < 4.78 is 5.27. The molecule has 0 heterocycles. The summed E-state index contributed by atoms with van der Waals surface area (Å²) in [5.41, 5.74) is 0. The molecule has 0 bridgehead atoms. The molecule has 1 rings (SSSR count). The number of aliphatic imine (C=N–C) groups is 1. The van der Waals surface area contributed by atoms with Crippen LogP contribution in [0.1, 0.15) is 13.3 Å². The van der Waals surface area contributed by atoms with Crippen molar-refractivity contribution in [3.05, 3.63) is 30.3 Å². The fourth-order valence-electron chi connectivity index (χ4n) is 1.59. The first kappa shape index (κ1) is 16.9. The van der Waals surface area contributed by atoms with E-state index in [-0.39, 0.29) is 0 Å². The van der Waals surface area contributed by atoms with E-state index in [0.717, 1.165) is 37.8 Å². The second-order valence-electron chi connectivity index (χ2n) is 4.14. The van der Waals surface area contributed by atoms with E-state index in [1.807, 2.05) is 24.8 Å². The van der Waals surface area contributed by atoms with E-state index in [2.05, 4.69) is 39.9 Å². The fourth-order valence-corrected chi connectivity index (χ4v) is 2.47. The van der Waals surface area contributed by atoms with Gasteiger partial charge in [-0.1, -0.05) is 18.2 Å². The number of rotatable bonds is 9. The Kier molecular flexibility index (Phi) is 9.79. The van der Waals surface area contributed by atoms with Crippen LogP contribution in [0.15, 0.2) is 40.2 Å². The molecule has 4 nitrogen and oxygen atoms in total. The lowest BCUT2D eigenvalue weighted by atomic mass is 10.4. The van der Waals surface area contributed by atoms with Crippen LogP contribution >= 0.6 is 11.8 Å². The number of benzene rings is 1. The molecule has 1 aromatic carbocycles. The molecule has 0 unspecified atom stereocenters. The van der Waals surface area contributed by atoms with Crippen LogP contribution in [-0.4, -0.2) is 45.1 Å². The van der Waals surface area contributed by atoms with Crippen LogP contribution < -0.4 is 10.6 Å². The van der Waals surface area contributed by atoms with Gasteiger partial charge in [0.2, 0.25) is 0 Å². The molecule has 0 amide bonds. The van der Waals surface area contributed by atoms with Crippen molar-refractivity contribution in [1.29, 1.82) is 0 Å². The number of ether oxygens (including phenoxy) is 1. The lowest BCUT2D eigenvalue weighted by Gasteiger charge is -2.11. The van der Waals surface area contributed by atoms with Crippen molar-refractivity contribution in [2.75, 3.05) is 39.1 Å². The molecular weight excluding hydrogens is 270 g/mol. The molecule has 20 heavy (non-hydrogen) atoms. The first-order chi connectivity index (χ1) is 9.86. The van der Waals surface area contributed by atoms with Gasteiger partial charge in [-0.05, 0) is 31.2 Å². The first-order valence-corrected chi connectivity index (χ1v) is 8.05. The predicted molar refractivity (Wildman–Crippen MR) is 87.6 cm³/mol. The zero-order chi connectivity index (χ0) is 14.5. The molecule has 0 saturated heterocycles. The molecule has 0 aliphatic heterocycles. The van der Waals surface area contributed by atoms with Gasteiger partial charge in [-0.15, -0.1) is 11.8 Å². The third-order valence-corrected chi connectivity index (χ3v) is 3.69. The van der Waals surface area contributed by atoms with E-state index in [9.17, 15) is 0 Å². The quantitative estimate of drug-likeness (QED) is 0.318. The minimum Gasteiger partial charge on any atom is -0.380 e. The van der Waals surface area contributed by atoms with Gasteiger partial charge in [0.1, 0.15) is 0 Å². The summed E-state index contributed by atoms with van der Waals surface area (Å²) in [5.74, 6) is 1.95. The molecule has 0 aliphatic rings. The van der Waals surface area contributed by atoms with Crippen LogP contribution in [0.2, 0.25) is 0 Å². The Morgan fingerprint density at radius 2 is 1.95 bits per heavy atom. The largest absolute Gasteiger partial charge is 0.380 e. The normalized spacial score (nSPS) is 11.4. The lowest BCUT2D eigenvalue weighted by molar-refractivity contribution is 0.152. The summed E-state index contributed by atoms with van der Waals surface area (Å²) >= 11 is 1.88. The average molecular weight is 295 g/mol. The van der Waals surface area contributed by atoms with E-state index >= 15 is 0 Å². The average Bonchev–Trinajstić information content (AvgIpc) is 2.50. The number of thioether (sulfide) groups is 1. The molecule has 0 aliphatic carbocycles. The molecule has 0 spiro atoms. The van der Waals surface area contributed by atoms with Gasteiger partial charge < -0.3 is 15.4 Å². The summed E-state index contributed by atoms with van der Waals surface area (Å²) in [6, 6.07) is 10.5. The van der Waals surface area contributed by atoms with Crippen molar-refractivity contribution in [2.24, 2.45) is 4.99 Å². The van der Waals surface area contributed by atoms with Gasteiger partial charge >= 0.3 is 0 Å². The van der Waals surface area contributed by atoms with E-state index in [1.165, 1.54) is 4.90 Å². The topological polar surface area (TPSA) is 45.6 Å². The van der Waals surface area contributed by atoms with Crippen molar-refractivity contribution >= 4 is 17.7 Å². The van der Waals surface area contributed by atoms with Gasteiger partial charge in [0, 0.05) is 31.6 Å². The lowest BCUT2D eigenvalue weighted by Crippen LogP contribution is -2.39. The Balaban J connectivity index is 2.04. The van der Waals surface area contributed by atoms with Crippen LogP contribution in [0, 0.1) is 0 Å². The van der Waals surface area contributed by atoms with Crippen molar-refractivity contribution < 1.29 is 4.74 Å². The molecule has 0 aromatic heterocycles. The monoisotopic (exact) mass is 295 g/mol. The molecule has 112 valence electrons. The Bertz CT molecular complexity index is 371. The van der Waals surface area contributed by atoms with Gasteiger partial charge in [0.25, 0.3) is 0 Å². The van der Waals surface area contributed by atoms with Crippen LogP contribution in [0.4, 0.5) is 0 Å². The van der Waals surface area contributed by atoms with Crippen LogP contribution in [0.5, 0.6) is 0 Å². The van der Waals surface area contributed by atoms with E-state index in [4.69, 9.17) is 4.74 Å². The van der Waals surface area contributed by atoms with Crippen LogP contribution in [0.3, 0.4) is 0 Å². The van der Waals surface area contributed by atoms with Crippen LogP contribution in [-0.2, 0) is 4.74 Å². The van der Waals surface area contributed by atoms with Gasteiger partial charge in [-0.3, -0.25) is 4.99 Å². The highest BCUT2D eigenvalue weighted by atomic mass is 32.2. The standard InChI is InChI=1S/C15H25N3OS/c1-3-19-12-11-18-15(16-2)17-10-7-13-20-14-8-5-4-6-9-14/h4-6,8-9H,3,7,10-13H2,1-2H3,(H2,16,17,18). The smallest absolute Gasteiger partial charge is 0.191 e. The number of hydrogen-bond acceptors (Lipinski definition) is 3. The highest BCUT2D eigenvalue weighted by Crippen LogP contribution is 2.17. The van der Waals surface area contributed by atoms with E-state index in [1.54, 1.807) is 7.05 Å². The number of hydrogen-bond donors (Lipinski definition) is 2. The van der Waals surface area contributed by atoms with Gasteiger partial charge in [0.15, 0.2) is 5.96 Å². The Hall–Kier alpha value is -1.20. The highest BCUT2D eigenvalue weighted by Gasteiger charge is 1.97. The molecular formula is C15H25N3OS. The Morgan fingerprint density at radius 3 is 2.65 bits per heavy atom. The maximum Gasteiger partial charge on any atom is 0.191 e. The Morgan fingerprint density at radius 1 is 1.20 bits per heavy atom. The maximum atomic E-state index is 5.27. The third-order valence-electron chi connectivity index (χ3n) is 2.59. The SMILES string of the molecule is CCOCCNC(=NC)NCCCSc1ccccc1. The zero-order valence-electron chi connectivity index (χ0n) is 12.4. The second kappa shape index (κ2) is 11.6. The second-order valence-corrected chi connectivity index (χ2v) is 5.31. The van der Waals surface area contributed by atoms with E-state index < -0.39 is 0 Å². The minimum absolute atomic E-state index is 0.709. The number of nitrogens with one attached hydrogen (secondary N) is 2. The summed E-state index contributed by atoms with van der Waals surface area (Å²) in [6.45, 7) is 5.17. The molecule has 0 radical (unpaired) electrons. The minimum atomic E-state index is 0.709. The Labute approximate surface area is 126 Å². The zero-order valence-corrected chi connectivity index (χ0v) is 13.2. The predicted octanol–water partition coefficient (Wildman–Crippen LogP) is 2.37. The number of guanidine groups is 1. The number of nitrogens with zero attached hydrogens (tertiary/aromatic N) is 1. The van der Waals surface area contributed by atoms with Crippen LogP contribution in [0.25, 0.3) is 0 Å². The molecule has 0 fully saturated rings. The summed E-state index contributed by atoms with van der Waals surface area (Å²) in [5, 5.41) is 6.52. The molecule has 5 heteroatoms. The molecule has 1 aromatic rings. The first-order valence-electron chi connectivity index (χ1n) is 7.07. The summed E-state index contributed by atoms with van der Waals surface area (Å²) in [4.78, 5) is 5.50. The summed E-state index contributed by atoms with van der Waals surface area (Å²) in [7, 11) is 1.79. The van der Waals surface area contributed by atoms with Crippen molar-refractivity contribution in [3.63, 3.8) is 0 Å². The molecule has 0 atom stereocenters. The van der Waals surface area contributed by atoms with Crippen molar-refractivity contribution in [1.82, 2.24) is 10.6 Å². The molecule has 2 N–H and O–H groups in total. The third kappa shape index (κ3) is 8.07. The van der Waals surface area contributed by atoms with Gasteiger partial charge in [-0.25, -0.2) is 0 Å². The molecule has 0 saturated carbocycles. The van der Waals surface area contributed by atoms with E-state index in [0.29, 0.717) is 6.61 Å². The summed E-state index contributed by atoms with van der Waals surface area (Å²) in [6.07, 6.45) is 1.10. The van der Waals surface area contributed by atoms with Crippen molar-refractivity contribution in [2.45, 2.75) is 18.2 Å². The highest BCUT2D eigenvalue weighted by molar-refractivity contribution is 7.99. The fraction of sp³-hybridized carbons (Fsp3) is 0.533. The van der Waals surface area contributed by atoms with Gasteiger partial charge in [0.05, 0.1) is 6.61 Å². The maximum absolute atomic E-state index is 5.27.